The molecule has 13 heteroatoms. The molecule has 206 valence electrons. The molecule has 0 spiro atoms. The maximum absolute atomic E-state index is 13.5. The Morgan fingerprint density at radius 2 is 1.73 bits per heavy atom. The van der Waals surface area contributed by atoms with Crippen LogP contribution in [-0.2, 0) is 15.7 Å². The first-order valence-corrected chi connectivity index (χ1v) is 12.6. The first-order chi connectivity index (χ1) is 19.4. The number of hydrogen-bond acceptors (Lipinski definition) is 9. The van der Waals surface area contributed by atoms with Gasteiger partial charge in [0.2, 0.25) is 5.91 Å². The molecule has 40 heavy (non-hydrogen) atoms. The summed E-state index contributed by atoms with van der Waals surface area (Å²) in [5, 5.41) is 14.0. The van der Waals surface area contributed by atoms with Crippen molar-refractivity contribution in [1.29, 1.82) is 0 Å². The van der Waals surface area contributed by atoms with Crippen LogP contribution in [0.4, 0.5) is 41.9 Å². The Kier molecular flexibility index (Phi) is 6.72. The number of alkyl halides is 3. The molecule has 4 heterocycles. The number of pyridine rings is 1. The number of para-hydroxylation sites is 3. The highest BCUT2D eigenvalue weighted by Crippen LogP contribution is 2.37. The molecule has 0 saturated carbocycles. The number of hydrogen-bond donors (Lipinski definition) is 2. The maximum atomic E-state index is 13.5. The number of ether oxygens (including phenoxy) is 1. The normalized spacial score (nSPS) is 17.7. The Bertz CT molecular complexity index is 1510. The monoisotopic (exact) mass is 551 g/mol. The van der Waals surface area contributed by atoms with Crippen LogP contribution >= 0.6 is 0 Å². The van der Waals surface area contributed by atoms with Crippen LogP contribution in [0.15, 0.2) is 71.3 Å². The van der Waals surface area contributed by atoms with Crippen molar-refractivity contribution < 1.29 is 27.1 Å². The largest absolute Gasteiger partial charge is 0.417 e. The smallest absolute Gasteiger partial charge is 0.402 e. The van der Waals surface area contributed by atoms with E-state index < -0.39 is 17.8 Å². The van der Waals surface area contributed by atoms with E-state index in [4.69, 9.17) is 9.15 Å². The van der Waals surface area contributed by atoms with Crippen molar-refractivity contribution in [2.75, 3.05) is 53.3 Å². The molecule has 2 aliphatic heterocycles. The summed E-state index contributed by atoms with van der Waals surface area (Å²) in [4.78, 5) is 21.0. The van der Waals surface area contributed by atoms with Gasteiger partial charge < -0.3 is 29.6 Å². The summed E-state index contributed by atoms with van der Waals surface area (Å²) in [7, 11) is 0. The molecule has 2 aromatic carbocycles. The molecule has 2 N–H and O–H groups in total. The van der Waals surface area contributed by atoms with Crippen molar-refractivity contribution in [1.82, 2.24) is 15.2 Å². The lowest BCUT2D eigenvalue weighted by Gasteiger charge is -2.30. The number of anilines is 5. The summed E-state index contributed by atoms with van der Waals surface area (Å²) < 4.78 is 51.6. The number of halogens is 3. The van der Waals surface area contributed by atoms with E-state index >= 15 is 0 Å². The Labute approximate surface area is 226 Å². The number of amides is 1. The standard InChI is InChI=1S/C27H24F3N7O3/c28-27(29,30)17-14-22(36-10-12-39-13-11-36)23(31-15-17)25-34-35-26(40-25)33-20-16-37(18-6-2-1-3-7-18)21-9-5-4-8-19(21)32-24(20)38/h1-9,14-15,20H,10-13,16H2,(H,32,38)(H,33,35)/t20-/m0/s1. The second kappa shape index (κ2) is 10.5. The van der Waals surface area contributed by atoms with Crippen molar-refractivity contribution in [3.63, 3.8) is 0 Å². The van der Waals surface area contributed by atoms with Crippen molar-refractivity contribution in [3.05, 3.63) is 72.4 Å². The average molecular weight is 552 g/mol. The molecule has 1 atom stereocenters. The minimum atomic E-state index is -4.57. The minimum absolute atomic E-state index is 0.0660. The fraction of sp³-hybridized carbons (Fsp3) is 0.259. The molecule has 2 aliphatic rings. The van der Waals surface area contributed by atoms with E-state index in [1.165, 1.54) is 0 Å². The van der Waals surface area contributed by atoms with Crippen molar-refractivity contribution in [2.24, 2.45) is 0 Å². The van der Waals surface area contributed by atoms with Crippen molar-refractivity contribution in [3.8, 4) is 11.6 Å². The first kappa shape index (κ1) is 25.6. The van der Waals surface area contributed by atoms with Gasteiger partial charge in [0.25, 0.3) is 5.89 Å². The summed E-state index contributed by atoms with van der Waals surface area (Å²) >= 11 is 0. The van der Waals surface area contributed by atoms with Gasteiger partial charge in [0.05, 0.1) is 42.4 Å². The third-order valence-corrected chi connectivity index (χ3v) is 6.67. The highest BCUT2D eigenvalue weighted by molar-refractivity contribution is 6.02. The average Bonchev–Trinajstić information content (AvgIpc) is 3.38. The molecule has 6 rings (SSSR count). The molecule has 0 aliphatic carbocycles. The zero-order valence-electron chi connectivity index (χ0n) is 21.1. The van der Waals surface area contributed by atoms with Crippen LogP contribution in [0.5, 0.6) is 0 Å². The van der Waals surface area contributed by atoms with Crippen LogP contribution in [0.2, 0.25) is 0 Å². The van der Waals surface area contributed by atoms with Gasteiger partial charge in [-0.15, -0.1) is 5.10 Å². The highest BCUT2D eigenvalue weighted by atomic mass is 19.4. The number of fused-ring (bicyclic) bond motifs is 1. The number of carbonyl (C=O) groups excluding carboxylic acids is 1. The Morgan fingerprint density at radius 1 is 0.975 bits per heavy atom. The molecule has 1 saturated heterocycles. The highest BCUT2D eigenvalue weighted by Gasteiger charge is 2.34. The topological polar surface area (TPSA) is 109 Å². The van der Waals surface area contributed by atoms with E-state index in [1.807, 2.05) is 59.5 Å². The van der Waals surface area contributed by atoms with E-state index in [1.54, 1.807) is 4.90 Å². The Hall–Kier alpha value is -4.65. The van der Waals surface area contributed by atoms with Crippen LogP contribution in [0.1, 0.15) is 5.56 Å². The molecule has 0 radical (unpaired) electrons. The molecular formula is C27H24F3N7O3. The quantitative estimate of drug-likeness (QED) is 0.369. The molecule has 0 bridgehead atoms. The fourth-order valence-corrected chi connectivity index (χ4v) is 4.71. The second-order valence-corrected chi connectivity index (χ2v) is 9.25. The zero-order chi connectivity index (χ0) is 27.7. The third kappa shape index (κ3) is 5.15. The van der Waals surface area contributed by atoms with Crippen LogP contribution in [-0.4, -0.2) is 60.0 Å². The van der Waals surface area contributed by atoms with Gasteiger partial charge in [-0.25, -0.2) is 4.98 Å². The molecule has 1 fully saturated rings. The predicted octanol–water partition coefficient (Wildman–Crippen LogP) is 4.56. The predicted molar refractivity (Wildman–Crippen MR) is 141 cm³/mol. The van der Waals surface area contributed by atoms with E-state index in [0.29, 0.717) is 32.0 Å². The Balaban J connectivity index is 1.30. The van der Waals surface area contributed by atoms with E-state index in [9.17, 15) is 18.0 Å². The number of aromatic nitrogens is 3. The molecule has 2 aromatic heterocycles. The van der Waals surface area contributed by atoms with Gasteiger partial charge in [-0.2, -0.15) is 13.2 Å². The van der Waals surface area contributed by atoms with Gasteiger partial charge in [-0.1, -0.05) is 35.4 Å². The van der Waals surface area contributed by atoms with E-state index in [2.05, 4.69) is 25.8 Å². The zero-order valence-corrected chi connectivity index (χ0v) is 21.1. The first-order valence-electron chi connectivity index (χ1n) is 12.6. The maximum Gasteiger partial charge on any atom is 0.417 e. The minimum Gasteiger partial charge on any atom is -0.402 e. The molecule has 0 unspecified atom stereocenters. The summed E-state index contributed by atoms with van der Waals surface area (Å²) in [6, 6.07) is 17.2. The van der Waals surface area contributed by atoms with Crippen molar-refractivity contribution in [2.45, 2.75) is 12.2 Å². The van der Waals surface area contributed by atoms with E-state index in [-0.39, 0.29) is 35.7 Å². The molecular weight excluding hydrogens is 527 g/mol. The Morgan fingerprint density at radius 3 is 2.50 bits per heavy atom. The van der Waals surface area contributed by atoms with Gasteiger partial charge in [-0.3, -0.25) is 4.79 Å². The van der Waals surface area contributed by atoms with Gasteiger partial charge in [0.1, 0.15) is 6.04 Å². The van der Waals surface area contributed by atoms with E-state index in [0.717, 1.165) is 23.6 Å². The number of nitrogens with one attached hydrogen (secondary N) is 2. The second-order valence-electron chi connectivity index (χ2n) is 9.25. The summed E-state index contributed by atoms with van der Waals surface area (Å²) in [6.45, 7) is 1.73. The molecule has 1 amide bonds. The molecule has 4 aromatic rings. The van der Waals surface area contributed by atoms with Gasteiger partial charge >= 0.3 is 12.2 Å². The number of morpholine rings is 1. The fourth-order valence-electron chi connectivity index (χ4n) is 4.71. The number of rotatable bonds is 5. The van der Waals surface area contributed by atoms with Gasteiger partial charge in [0, 0.05) is 25.0 Å². The van der Waals surface area contributed by atoms with Gasteiger partial charge in [0.15, 0.2) is 5.69 Å². The van der Waals surface area contributed by atoms with Crippen molar-refractivity contribution >= 4 is 34.7 Å². The van der Waals surface area contributed by atoms with Crippen LogP contribution in [0.25, 0.3) is 11.6 Å². The lowest BCUT2D eigenvalue weighted by atomic mass is 10.2. The van der Waals surface area contributed by atoms with Gasteiger partial charge in [-0.05, 0) is 30.3 Å². The van der Waals surface area contributed by atoms with Crippen LogP contribution in [0, 0.1) is 0 Å². The summed E-state index contributed by atoms with van der Waals surface area (Å²) in [5.74, 6) is -0.387. The number of carbonyl (C=O) groups is 1. The lowest BCUT2D eigenvalue weighted by molar-refractivity contribution is -0.137. The number of benzene rings is 2. The van der Waals surface area contributed by atoms with Crippen LogP contribution in [0.3, 0.4) is 0 Å². The summed E-state index contributed by atoms with van der Waals surface area (Å²) in [5.41, 5.74) is 1.79. The lowest BCUT2D eigenvalue weighted by Crippen LogP contribution is -2.40. The molecule has 10 nitrogen and oxygen atoms in total. The third-order valence-electron chi connectivity index (χ3n) is 6.67. The van der Waals surface area contributed by atoms with Crippen LogP contribution < -0.4 is 20.4 Å². The summed E-state index contributed by atoms with van der Waals surface area (Å²) in [6.07, 6.45) is -3.83. The SMILES string of the molecule is O=C1Nc2ccccc2N(c2ccccc2)C[C@@H]1Nc1nnc(-c2ncc(C(F)(F)F)cc2N2CCOCC2)o1. The number of nitrogens with zero attached hydrogens (tertiary/aromatic N) is 5.